The number of ether oxygens (including phenoxy) is 1. The molecule has 264 valence electrons. The van der Waals surface area contributed by atoms with Crippen LogP contribution in [-0.4, -0.2) is 63.0 Å². The Labute approximate surface area is 294 Å². The van der Waals surface area contributed by atoms with Crippen LogP contribution in [0.2, 0.25) is 0 Å². The number of nitrogens with one attached hydrogen (secondary N) is 2. The largest absolute Gasteiger partial charge is 0.497 e. The predicted molar refractivity (Wildman–Crippen MR) is 197 cm³/mol. The minimum absolute atomic E-state index is 0.0311. The van der Waals surface area contributed by atoms with Gasteiger partial charge in [-0.1, -0.05) is 52.0 Å². The zero-order valence-electron chi connectivity index (χ0n) is 30.0. The number of rotatable bonds is 10. The van der Waals surface area contributed by atoms with Crippen molar-refractivity contribution >= 4 is 33.7 Å². The third-order valence-electron chi connectivity index (χ3n) is 12.0. The maximum Gasteiger partial charge on any atom is 0.263 e. The lowest BCUT2D eigenvalue weighted by molar-refractivity contribution is -0.140. The van der Waals surface area contributed by atoms with E-state index in [2.05, 4.69) is 57.6 Å². The Morgan fingerprint density at radius 3 is 2.49 bits per heavy atom. The Kier molecular flexibility index (Phi) is 9.46. The molecule has 0 radical (unpaired) electrons. The number of methoxy groups -OCH3 is 1. The molecule has 2 aliphatic carbocycles. The van der Waals surface area contributed by atoms with Crippen LogP contribution in [0.3, 0.4) is 0 Å². The summed E-state index contributed by atoms with van der Waals surface area (Å²) in [7, 11) is 0.241. The molecule has 2 N–H and O–H groups in total. The monoisotopic (exact) mass is 686 g/mol. The van der Waals surface area contributed by atoms with Gasteiger partial charge in [0.05, 0.1) is 18.2 Å². The van der Waals surface area contributed by atoms with Crippen molar-refractivity contribution in [1.29, 1.82) is 0 Å². The highest BCUT2D eigenvalue weighted by Crippen LogP contribution is 2.66. The Morgan fingerprint density at radius 1 is 1.04 bits per heavy atom. The molecule has 3 aromatic rings. The number of hydrogen-bond donors (Lipinski definition) is 2. The number of carbonyl (C=O) groups is 2. The summed E-state index contributed by atoms with van der Waals surface area (Å²) in [4.78, 5) is 30.7. The van der Waals surface area contributed by atoms with Gasteiger partial charge in [0.25, 0.3) is 5.91 Å². The molecule has 3 heterocycles. The summed E-state index contributed by atoms with van der Waals surface area (Å²) in [6, 6.07) is 12.4. The number of nitrogens with zero attached hydrogens (tertiary/aromatic N) is 2. The molecule has 2 aromatic carbocycles. The highest BCUT2D eigenvalue weighted by molar-refractivity contribution is 7.84. The highest BCUT2D eigenvalue weighted by Gasteiger charge is 2.64. The van der Waals surface area contributed by atoms with Gasteiger partial charge in [0.15, 0.2) is 0 Å². The van der Waals surface area contributed by atoms with Crippen LogP contribution in [0.4, 0.5) is 0 Å². The summed E-state index contributed by atoms with van der Waals surface area (Å²) in [5.41, 5.74) is 5.84. The zero-order valence-corrected chi connectivity index (χ0v) is 30.8. The van der Waals surface area contributed by atoms with Gasteiger partial charge in [-0.15, -0.1) is 0 Å². The van der Waals surface area contributed by atoms with Crippen molar-refractivity contribution in [3.63, 3.8) is 0 Å². The zero-order chi connectivity index (χ0) is 34.5. The second-order valence-corrected chi connectivity index (χ2v) is 17.2. The number of amides is 2. The van der Waals surface area contributed by atoms with Gasteiger partial charge in [0, 0.05) is 64.9 Å². The fraction of sp³-hybridized carbons (Fsp3) is 0.600. The van der Waals surface area contributed by atoms with E-state index in [-0.39, 0.29) is 28.5 Å². The molecule has 7 rings (SSSR count). The molecule has 2 aliphatic heterocycles. The molecule has 3 atom stereocenters. The molecule has 8 nitrogen and oxygen atoms in total. The van der Waals surface area contributed by atoms with Crippen molar-refractivity contribution in [2.45, 2.75) is 121 Å². The van der Waals surface area contributed by atoms with Crippen molar-refractivity contribution in [3.8, 4) is 17.0 Å². The summed E-state index contributed by atoms with van der Waals surface area (Å²) < 4.78 is 23.5. The summed E-state index contributed by atoms with van der Waals surface area (Å²) in [6.07, 6.45) is 11.1. The van der Waals surface area contributed by atoms with Gasteiger partial charge in [0.2, 0.25) is 5.91 Å². The van der Waals surface area contributed by atoms with Gasteiger partial charge in [-0.25, -0.2) is 4.21 Å². The smallest absolute Gasteiger partial charge is 0.263 e. The Morgan fingerprint density at radius 2 is 1.80 bits per heavy atom. The maximum absolute atomic E-state index is 15.1. The van der Waals surface area contributed by atoms with E-state index in [1.54, 1.807) is 7.11 Å². The number of fused-ring (bicyclic) bond motifs is 7. The van der Waals surface area contributed by atoms with E-state index in [1.165, 1.54) is 41.6 Å². The molecule has 3 fully saturated rings. The SMILES string of the molecule is CCCC(CCC)c1c2n(c3cc(C(=O)NS(=O)C(C)C)ccc13)CC1(C(=O)N3CCNC4(CCCCC4)C3)CC1c1cc(OC)ccc1-2. The molecule has 49 heavy (non-hydrogen) atoms. The van der Waals surface area contributed by atoms with Crippen LogP contribution in [-0.2, 0) is 22.3 Å². The fourth-order valence-electron chi connectivity index (χ4n) is 9.44. The number of hydrogen-bond acceptors (Lipinski definition) is 5. The molecular weight excluding hydrogens is 633 g/mol. The first-order chi connectivity index (χ1) is 23.6. The molecule has 2 saturated carbocycles. The molecule has 1 aromatic heterocycles. The van der Waals surface area contributed by atoms with E-state index in [4.69, 9.17) is 4.74 Å². The van der Waals surface area contributed by atoms with Crippen molar-refractivity contribution in [2.75, 3.05) is 26.7 Å². The predicted octanol–water partition coefficient (Wildman–Crippen LogP) is 7.42. The molecule has 1 spiro atoms. The summed E-state index contributed by atoms with van der Waals surface area (Å²) in [5, 5.41) is 4.80. The Bertz CT molecular complexity index is 1760. The van der Waals surface area contributed by atoms with E-state index in [0.717, 1.165) is 81.2 Å². The standard InChI is InChI=1S/C40H54N4O4S/c1-6-11-27(12-7-2)35-31-15-13-28(37(45)42-49(47)26(3)4)21-34(31)44-25-40(23-33(40)32-22-29(48-5)14-16-30(32)36(35)44)38(46)43-20-19-41-39(24-43)17-9-8-10-18-39/h13-16,21-22,26-27,33,41H,6-12,17-20,23-25H2,1-5H3,(H,42,45). The third-order valence-corrected chi connectivity index (χ3v) is 13.2. The highest BCUT2D eigenvalue weighted by atomic mass is 32.2. The van der Waals surface area contributed by atoms with Crippen LogP contribution in [0, 0.1) is 5.41 Å². The number of benzene rings is 2. The lowest BCUT2D eigenvalue weighted by Gasteiger charge is -2.47. The average Bonchev–Trinajstić information content (AvgIpc) is 3.77. The quantitative estimate of drug-likeness (QED) is 0.232. The summed E-state index contributed by atoms with van der Waals surface area (Å²) >= 11 is 0. The summed E-state index contributed by atoms with van der Waals surface area (Å²) in [5.74, 6) is 1.20. The van der Waals surface area contributed by atoms with Gasteiger partial charge >= 0.3 is 0 Å². The van der Waals surface area contributed by atoms with Gasteiger partial charge in [-0.3, -0.25) is 14.3 Å². The normalized spacial score (nSPS) is 23.2. The number of carbonyl (C=O) groups excluding carboxylic acids is 2. The van der Waals surface area contributed by atoms with Crippen LogP contribution in [0.15, 0.2) is 36.4 Å². The topological polar surface area (TPSA) is 92.7 Å². The number of aromatic nitrogens is 1. The molecule has 2 amide bonds. The lowest BCUT2D eigenvalue weighted by Crippen LogP contribution is -2.63. The minimum atomic E-state index is -1.47. The molecular formula is C40H54N4O4S. The van der Waals surface area contributed by atoms with Gasteiger partial charge in [-0.05, 0) is 93.3 Å². The third kappa shape index (κ3) is 6.02. The van der Waals surface area contributed by atoms with Crippen LogP contribution in [0.25, 0.3) is 22.2 Å². The Balaban J connectivity index is 1.40. The average molecular weight is 687 g/mol. The van der Waals surface area contributed by atoms with Gasteiger partial charge < -0.3 is 19.5 Å². The van der Waals surface area contributed by atoms with Gasteiger partial charge in [-0.2, -0.15) is 0 Å². The first kappa shape index (κ1) is 34.3. The van der Waals surface area contributed by atoms with Gasteiger partial charge in [0.1, 0.15) is 16.7 Å². The minimum Gasteiger partial charge on any atom is -0.497 e. The van der Waals surface area contributed by atoms with Crippen molar-refractivity contribution < 1.29 is 18.5 Å². The number of piperazine rings is 1. The van der Waals surface area contributed by atoms with Crippen molar-refractivity contribution in [2.24, 2.45) is 5.41 Å². The first-order valence-electron chi connectivity index (χ1n) is 18.8. The van der Waals surface area contributed by atoms with Crippen LogP contribution < -0.4 is 14.8 Å². The molecule has 0 bridgehead atoms. The van der Waals surface area contributed by atoms with Crippen molar-refractivity contribution in [3.05, 3.63) is 53.1 Å². The molecule has 9 heteroatoms. The van der Waals surface area contributed by atoms with E-state index in [9.17, 15) is 9.00 Å². The molecule has 1 saturated heterocycles. The lowest BCUT2D eigenvalue weighted by atomic mass is 9.80. The molecule has 4 aliphatic rings. The maximum atomic E-state index is 15.1. The van der Waals surface area contributed by atoms with E-state index < -0.39 is 16.4 Å². The van der Waals surface area contributed by atoms with E-state index >= 15 is 4.79 Å². The first-order valence-corrected chi connectivity index (χ1v) is 20.0. The second kappa shape index (κ2) is 13.5. The van der Waals surface area contributed by atoms with Crippen LogP contribution in [0.5, 0.6) is 5.75 Å². The Hall–Kier alpha value is -3.17. The second-order valence-electron chi connectivity index (χ2n) is 15.5. The van der Waals surface area contributed by atoms with Crippen molar-refractivity contribution in [1.82, 2.24) is 19.5 Å². The molecule has 3 unspecified atom stereocenters. The van der Waals surface area contributed by atoms with E-state index in [1.807, 2.05) is 26.0 Å². The van der Waals surface area contributed by atoms with E-state index in [0.29, 0.717) is 18.0 Å². The van der Waals surface area contributed by atoms with Crippen LogP contribution in [0.1, 0.15) is 125 Å². The fourth-order valence-corrected chi connectivity index (χ4v) is 9.97. The summed E-state index contributed by atoms with van der Waals surface area (Å²) in [6.45, 7) is 11.1. The van der Waals surface area contributed by atoms with Crippen LogP contribution >= 0.6 is 0 Å².